The van der Waals surface area contributed by atoms with Gasteiger partial charge >= 0.3 is 0 Å². The molecule has 0 bridgehead atoms. The molecule has 3 rings (SSSR count). The Morgan fingerprint density at radius 1 is 1.09 bits per heavy atom. The monoisotopic (exact) mass is 146 g/mol. The van der Waals surface area contributed by atoms with Crippen molar-refractivity contribution in [3.8, 4) is 0 Å². The van der Waals surface area contributed by atoms with E-state index in [9.17, 15) is 0 Å². The second-order valence-corrected chi connectivity index (χ2v) is 3.59. The molecular weight excluding hydrogens is 136 g/mol. The first-order chi connectivity index (χ1) is 5.38. The van der Waals surface area contributed by atoms with Crippen LogP contribution in [-0.2, 0) is 17.6 Å². The molecule has 0 amide bonds. The normalized spacial score (nSPS) is 23.6. The molecule has 1 heterocycles. The van der Waals surface area contributed by atoms with Crippen molar-refractivity contribution in [1.82, 2.24) is 0 Å². The summed E-state index contributed by atoms with van der Waals surface area (Å²) in [6.45, 7) is 0.974. The Labute approximate surface area is 66.0 Å². The predicted molar refractivity (Wildman–Crippen MR) is 42.5 cm³/mol. The van der Waals surface area contributed by atoms with Crippen LogP contribution in [0.1, 0.15) is 11.1 Å². The topological polar surface area (TPSA) is 12.5 Å². The van der Waals surface area contributed by atoms with Crippen LogP contribution in [0, 0.1) is 0 Å². The van der Waals surface area contributed by atoms with Crippen molar-refractivity contribution in [1.29, 1.82) is 0 Å². The van der Waals surface area contributed by atoms with Crippen LogP contribution in [0.2, 0.25) is 0 Å². The van der Waals surface area contributed by atoms with Crippen LogP contribution in [0.15, 0.2) is 24.3 Å². The zero-order valence-electron chi connectivity index (χ0n) is 6.34. The largest absolute Gasteiger partial charge is 0.369 e. The first kappa shape index (κ1) is 5.78. The predicted octanol–water partition coefficient (Wildman–Crippen LogP) is 1.55. The molecule has 1 heteroatoms. The van der Waals surface area contributed by atoms with E-state index >= 15 is 0 Å². The van der Waals surface area contributed by atoms with Gasteiger partial charge in [-0.1, -0.05) is 24.3 Å². The van der Waals surface area contributed by atoms with Crippen molar-refractivity contribution in [2.75, 3.05) is 6.61 Å². The van der Waals surface area contributed by atoms with Crippen LogP contribution in [0.4, 0.5) is 0 Å². The molecule has 1 aliphatic heterocycles. The Kier molecular flexibility index (Phi) is 0.878. The molecule has 2 aliphatic rings. The van der Waals surface area contributed by atoms with Crippen LogP contribution in [0.3, 0.4) is 0 Å². The summed E-state index contributed by atoms with van der Waals surface area (Å²) in [6.07, 6.45) is 2.28. The van der Waals surface area contributed by atoms with Gasteiger partial charge in [-0.25, -0.2) is 0 Å². The smallest absolute Gasteiger partial charge is 0.0996 e. The Morgan fingerprint density at radius 2 is 1.64 bits per heavy atom. The molecule has 56 valence electrons. The summed E-state index contributed by atoms with van der Waals surface area (Å²) in [5, 5.41) is 0. The molecular formula is C10H10O. The van der Waals surface area contributed by atoms with Crippen LogP contribution < -0.4 is 0 Å². The van der Waals surface area contributed by atoms with E-state index in [0.29, 0.717) is 0 Å². The van der Waals surface area contributed by atoms with Crippen molar-refractivity contribution in [2.24, 2.45) is 0 Å². The number of hydrogen-bond acceptors (Lipinski definition) is 1. The van der Waals surface area contributed by atoms with E-state index < -0.39 is 0 Å². The fourth-order valence-electron chi connectivity index (χ4n) is 1.97. The van der Waals surface area contributed by atoms with Gasteiger partial charge in [-0.2, -0.15) is 0 Å². The number of benzene rings is 1. The SMILES string of the molecule is c1ccc2c(c1)CC1(CO1)C2. The zero-order valence-corrected chi connectivity index (χ0v) is 6.34. The fraction of sp³-hybridized carbons (Fsp3) is 0.400. The highest BCUT2D eigenvalue weighted by atomic mass is 16.6. The molecule has 1 spiro atoms. The highest BCUT2D eigenvalue weighted by Crippen LogP contribution is 2.41. The average Bonchev–Trinajstić information content (AvgIpc) is 2.66. The molecule has 0 atom stereocenters. The van der Waals surface area contributed by atoms with Crippen molar-refractivity contribution in [3.63, 3.8) is 0 Å². The molecule has 1 nitrogen and oxygen atoms in total. The summed E-state index contributed by atoms with van der Waals surface area (Å²) in [5.41, 5.74) is 3.24. The third-order valence-electron chi connectivity index (χ3n) is 2.70. The molecule has 0 radical (unpaired) electrons. The fourth-order valence-corrected chi connectivity index (χ4v) is 1.97. The van der Waals surface area contributed by atoms with Gasteiger partial charge in [0.25, 0.3) is 0 Å². The van der Waals surface area contributed by atoms with Crippen molar-refractivity contribution in [2.45, 2.75) is 18.4 Å². The van der Waals surface area contributed by atoms with E-state index in [1.54, 1.807) is 0 Å². The molecule has 1 fully saturated rings. The first-order valence-corrected chi connectivity index (χ1v) is 4.09. The zero-order chi connectivity index (χ0) is 7.31. The molecule has 0 aromatic heterocycles. The van der Waals surface area contributed by atoms with Crippen LogP contribution in [0.25, 0.3) is 0 Å². The van der Waals surface area contributed by atoms with Gasteiger partial charge in [-0.05, 0) is 11.1 Å². The number of epoxide rings is 1. The standard InChI is InChI=1S/C10H10O/c1-2-4-9-6-10(7-11-10)5-8(9)3-1/h1-4H,5-7H2. The molecule has 1 aromatic rings. The molecule has 0 N–H and O–H groups in total. The Morgan fingerprint density at radius 3 is 2.09 bits per heavy atom. The van der Waals surface area contributed by atoms with Gasteiger partial charge in [0.2, 0.25) is 0 Å². The van der Waals surface area contributed by atoms with Crippen LogP contribution in [0.5, 0.6) is 0 Å². The number of hydrogen-bond donors (Lipinski definition) is 0. The molecule has 0 unspecified atom stereocenters. The number of ether oxygens (including phenoxy) is 1. The van der Waals surface area contributed by atoms with E-state index in [1.807, 2.05) is 0 Å². The van der Waals surface area contributed by atoms with Gasteiger partial charge < -0.3 is 4.74 Å². The minimum absolute atomic E-state index is 0.254. The van der Waals surface area contributed by atoms with Crippen molar-refractivity contribution in [3.05, 3.63) is 35.4 Å². The lowest BCUT2D eigenvalue weighted by Crippen LogP contribution is -2.08. The Balaban J connectivity index is 2.08. The molecule has 1 saturated heterocycles. The second kappa shape index (κ2) is 1.67. The lowest BCUT2D eigenvalue weighted by Gasteiger charge is -1.95. The van der Waals surface area contributed by atoms with Crippen molar-refractivity contribution < 1.29 is 4.74 Å². The summed E-state index contributed by atoms with van der Waals surface area (Å²) < 4.78 is 5.44. The number of rotatable bonds is 0. The van der Waals surface area contributed by atoms with Gasteiger partial charge in [-0.15, -0.1) is 0 Å². The maximum Gasteiger partial charge on any atom is 0.0996 e. The van der Waals surface area contributed by atoms with E-state index in [-0.39, 0.29) is 5.60 Å². The summed E-state index contributed by atoms with van der Waals surface area (Å²) in [5.74, 6) is 0. The highest BCUT2D eigenvalue weighted by molar-refractivity contribution is 5.37. The third-order valence-corrected chi connectivity index (χ3v) is 2.70. The minimum atomic E-state index is 0.254. The highest BCUT2D eigenvalue weighted by Gasteiger charge is 2.48. The minimum Gasteiger partial charge on any atom is -0.369 e. The summed E-state index contributed by atoms with van der Waals surface area (Å²) >= 11 is 0. The quantitative estimate of drug-likeness (QED) is 0.506. The molecule has 11 heavy (non-hydrogen) atoms. The average molecular weight is 146 g/mol. The van der Waals surface area contributed by atoms with Gasteiger partial charge in [0, 0.05) is 12.8 Å². The van der Waals surface area contributed by atoms with E-state index in [2.05, 4.69) is 24.3 Å². The van der Waals surface area contributed by atoms with E-state index in [0.717, 1.165) is 19.4 Å². The maximum absolute atomic E-state index is 5.44. The van der Waals surface area contributed by atoms with Gasteiger partial charge in [0.15, 0.2) is 0 Å². The van der Waals surface area contributed by atoms with Gasteiger partial charge in [0.05, 0.1) is 12.2 Å². The van der Waals surface area contributed by atoms with E-state index in [4.69, 9.17) is 4.74 Å². The Hall–Kier alpha value is -0.820. The second-order valence-electron chi connectivity index (χ2n) is 3.59. The lowest BCUT2D eigenvalue weighted by molar-refractivity contribution is 0.314. The van der Waals surface area contributed by atoms with E-state index in [1.165, 1.54) is 11.1 Å². The van der Waals surface area contributed by atoms with Crippen LogP contribution in [-0.4, -0.2) is 12.2 Å². The maximum atomic E-state index is 5.44. The third kappa shape index (κ3) is 0.746. The lowest BCUT2D eigenvalue weighted by atomic mass is 10.1. The summed E-state index contributed by atoms with van der Waals surface area (Å²) in [6, 6.07) is 8.65. The van der Waals surface area contributed by atoms with Crippen molar-refractivity contribution >= 4 is 0 Å². The van der Waals surface area contributed by atoms with Crippen LogP contribution >= 0.6 is 0 Å². The Bertz CT molecular complexity index is 272. The first-order valence-electron chi connectivity index (χ1n) is 4.09. The molecule has 0 saturated carbocycles. The summed E-state index contributed by atoms with van der Waals surface area (Å²) in [7, 11) is 0. The number of fused-ring (bicyclic) bond motifs is 1. The molecule has 1 aliphatic carbocycles. The van der Waals surface area contributed by atoms with Gasteiger partial charge in [0.1, 0.15) is 0 Å². The summed E-state index contributed by atoms with van der Waals surface area (Å²) in [4.78, 5) is 0. The molecule has 1 aromatic carbocycles. The van der Waals surface area contributed by atoms with Gasteiger partial charge in [-0.3, -0.25) is 0 Å².